The number of anilines is 1. The highest BCUT2D eigenvalue weighted by atomic mass is 32.2. The zero-order chi connectivity index (χ0) is 17.9. The Morgan fingerprint density at radius 1 is 1.25 bits per heavy atom. The van der Waals surface area contributed by atoms with E-state index in [4.69, 9.17) is 0 Å². The van der Waals surface area contributed by atoms with Crippen LogP contribution in [0.15, 0.2) is 24.3 Å². The van der Waals surface area contributed by atoms with Gasteiger partial charge in [-0.25, -0.2) is 8.42 Å². The molecular weight excluding hydrogens is 328 g/mol. The summed E-state index contributed by atoms with van der Waals surface area (Å²) >= 11 is 0. The van der Waals surface area contributed by atoms with Crippen molar-refractivity contribution >= 4 is 27.3 Å². The van der Waals surface area contributed by atoms with E-state index < -0.39 is 15.9 Å². The first-order valence-corrected chi connectivity index (χ1v) is 9.87. The quantitative estimate of drug-likeness (QED) is 0.875. The van der Waals surface area contributed by atoms with E-state index in [0.717, 1.165) is 0 Å². The minimum atomic E-state index is -3.11. The average molecular weight is 352 g/mol. The molecule has 7 heteroatoms. The van der Waals surface area contributed by atoms with Gasteiger partial charge in [0.15, 0.2) is 9.84 Å². The summed E-state index contributed by atoms with van der Waals surface area (Å²) in [5, 5.41) is 2.76. The summed E-state index contributed by atoms with van der Waals surface area (Å²) in [6, 6.07) is 7.14. The summed E-state index contributed by atoms with van der Waals surface area (Å²) < 4.78 is 23.2. The molecule has 0 radical (unpaired) electrons. The molecule has 1 saturated heterocycles. The molecule has 1 fully saturated rings. The number of amides is 2. The summed E-state index contributed by atoms with van der Waals surface area (Å²) in [5.41, 5.74) is 1.83. The fourth-order valence-corrected chi connectivity index (χ4v) is 4.56. The standard InChI is InChI=1S/C17H24N2O4S/c1-12(2)14-4-6-15(7-5-14)18-17(21)10-19(13(3)20)16-8-9-24(22,23)11-16/h4-7,12,16H,8-11H2,1-3H3,(H,18,21). The summed E-state index contributed by atoms with van der Waals surface area (Å²) in [6.45, 7) is 5.40. The number of hydrogen-bond donors (Lipinski definition) is 1. The van der Waals surface area contributed by atoms with Crippen molar-refractivity contribution in [1.82, 2.24) is 4.90 Å². The molecular formula is C17H24N2O4S. The van der Waals surface area contributed by atoms with Crippen LogP contribution in [0.2, 0.25) is 0 Å². The molecule has 1 atom stereocenters. The van der Waals surface area contributed by atoms with Crippen LogP contribution in [0.3, 0.4) is 0 Å². The number of nitrogens with one attached hydrogen (secondary N) is 1. The maximum Gasteiger partial charge on any atom is 0.244 e. The minimum absolute atomic E-state index is 0.0665. The number of nitrogens with zero attached hydrogens (tertiary/aromatic N) is 1. The van der Waals surface area contributed by atoms with Gasteiger partial charge in [-0.1, -0.05) is 26.0 Å². The smallest absolute Gasteiger partial charge is 0.244 e. The highest BCUT2D eigenvalue weighted by molar-refractivity contribution is 7.91. The van der Waals surface area contributed by atoms with Gasteiger partial charge in [0.25, 0.3) is 0 Å². The van der Waals surface area contributed by atoms with Crippen LogP contribution in [0.5, 0.6) is 0 Å². The van der Waals surface area contributed by atoms with Crippen LogP contribution in [0, 0.1) is 0 Å². The number of carbonyl (C=O) groups excluding carboxylic acids is 2. The van der Waals surface area contributed by atoms with Crippen LogP contribution in [0.1, 0.15) is 38.7 Å². The van der Waals surface area contributed by atoms with Gasteiger partial charge in [0.1, 0.15) is 6.54 Å². The minimum Gasteiger partial charge on any atom is -0.330 e. The van der Waals surface area contributed by atoms with E-state index in [1.165, 1.54) is 17.4 Å². The Labute approximate surface area is 143 Å². The highest BCUT2D eigenvalue weighted by Crippen LogP contribution is 2.19. The third-order valence-corrected chi connectivity index (χ3v) is 5.98. The van der Waals surface area contributed by atoms with Gasteiger partial charge in [-0.05, 0) is 30.0 Å². The molecule has 0 spiro atoms. The van der Waals surface area contributed by atoms with Crippen LogP contribution in [0.4, 0.5) is 5.69 Å². The van der Waals surface area contributed by atoms with Crippen LogP contribution < -0.4 is 5.32 Å². The molecule has 1 aromatic rings. The largest absolute Gasteiger partial charge is 0.330 e. The Bertz CT molecular complexity index is 711. The third kappa shape index (κ3) is 4.80. The second-order valence-electron chi connectivity index (χ2n) is 6.53. The number of carbonyl (C=O) groups is 2. The van der Waals surface area contributed by atoms with Crippen LogP contribution in [-0.2, 0) is 19.4 Å². The van der Waals surface area contributed by atoms with Crippen LogP contribution in [-0.4, -0.2) is 49.2 Å². The first-order valence-electron chi connectivity index (χ1n) is 8.05. The predicted molar refractivity (Wildman–Crippen MR) is 93.6 cm³/mol. The van der Waals surface area contributed by atoms with Crippen molar-refractivity contribution in [3.05, 3.63) is 29.8 Å². The lowest BCUT2D eigenvalue weighted by Gasteiger charge is -2.26. The number of rotatable bonds is 5. The third-order valence-electron chi connectivity index (χ3n) is 4.23. The molecule has 132 valence electrons. The molecule has 1 aromatic carbocycles. The van der Waals surface area contributed by atoms with Gasteiger partial charge in [0.2, 0.25) is 11.8 Å². The lowest BCUT2D eigenvalue weighted by atomic mass is 10.0. The Balaban J connectivity index is 1.99. The lowest BCUT2D eigenvalue weighted by molar-refractivity contribution is -0.134. The van der Waals surface area contributed by atoms with Crippen molar-refractivity contribution in [2.75, 3.05) is 23.4 Å². The van der Waals surface area contributed by atoms with Crippen molar-refractivity contribution in [3.8, 4) is 0 Å². The van der Waals surface area contributed by atoms with E-state index in [-0.39, 0.29) is 29.9 Å². The molecule has 1 N–H and O–H groups in total. The van der Waals surface area contributed by atoms with E-state index in [1.54, 1.807) is 0 Å². The van der Waals surface area contributed by atoms with E-state index in [2.05, 4.69) is 19.2 Å². The van der Waals surface area contributed by atoms with Gasteiger partial charge in [-0.15, -0.1) is 0 Å². The van der Waals surface area contributed by atoms with Crippen molar-refractivity contribution < 1.29 is 18.0 Å². The fraction of sp³-hybridized carbons (Fsp3) is 0.529. The topological polar surface area (TPSA) is 83.6 Å². The SMILES string of the molecule is CC(=O)N(CC(=O)Nc1ccc(C(C)C)cc1)C1CCS(=O)(=O)C1. The maximum absolute atomic E-state index is 12.2. The Morgan fingerprint density at radius 2 is 1.88 bits per heavy atom. The lowest BCUT2D eigenvalue weighted by Crippen LogP contribution is -2.44. The summed E-state index contributed by atoms with van der Waals surface area (Å²) in [7, 11) is -3.11. The van der Waals surface area contributed by atoms with E-state index in [9.17, 15) is 18.0 Å². The van der Waals surface area contributed by atoms with Crippen molar-refractivity contribution in [3.63, 3.8) is 0 Å². The van der Waals surface area contributed by atoms with E-state index >= 15 is 0 Å². The number of sulfone groups is 1. The zero-order valence-electron chi connectivity index (χ0n) is 14.3. The second-order valence-corrected chi connectivity index (χ2v) is 8.76. The normalized spacial score (nSPS) is 19.2. The Morgan fingerprint density at radius 3 is 2.33 bits per heavy atom. The highest BCUT2D eigenvalue weighted by Gasteiger charge is 2.34. The van der Waals surface area contributed by atoms with Gasteiger partial charge in [-0.2, -0.15) is 0 Å². The monoisotopic (exact) mass is 352 g/mol. The van der Waals surface area contributed by atoms with Crippen molar-refractivity contribution in [1.29, 1.82) is 0 Å². The van der Waals surface area contributed by atoms with E-state index in [0.29, 0.717) is 18.0 Å². The molecule has 0 aliphatic carbocycles. The molecule has 0 aromatic heterocycles. The molecule has 1 aliphatic heterocycles. The maximum atomic E-state index is 12.2. The van der Waals surface area contributed by atoms with Gasteiger partial charge in [0.05, 0.1) is 11.5 Å². The van der Waals surface area contributed by atoms with Gasteiger partial charge in [0, 0.05) is 18.7 Å². The van der Waals surface area contributed by atoms with E-state index in [1.807, 2.05) is 24.3 Å². The molecule has 2 amide bonds. The zero-order valence-corrected chi connectivity index (χ0v) is 15.1. The average Bonchev–Trinajstić information content (AvgIpc) is 2.85. The number of hydrogen-bond acceptors (Lipinski definition) is 4. The van der Waals surface area contributed by atoms with Crippen LogP contribution in [0.25, 0.3) is 0 Å². The van der Waals surface area contributed by atoms with Crippen molar-refractivity contribution in [2.45, 2.75) is 39.2 Å². The second kappa shape index (κ2) is 7.34. The molecule has 6 nitrogen and oxygen atoms in total. The molecule has 1 heterocycles. The molecule has 24 heavy (non-hydrogen) atoms. The molecule has 2 rings (SSSR count). The summed E-state index contributed by atoms with van der Waals surface area (Å²) in [5.74, 6) is -0.204. The van der Waals surface area contributed by atoms with Gasteiger partial charge >= 0.3 is 0 Å². The first-order chi connectivity index (χ1) is 11.2. The van der Waals surface area contributed by atoms with Gasteiger partial charge < -0.3 is 10.2 Å². The summed E-state index contributed by atoms with van der Waals surface area (Å²) in [4.78, 5) is 25.4. The van der Waals surface area contributed by atoms with Crippen LogP contribution >= 0.6 is 0 Å². The first kappa shape index (κ1) is 18.4. The fourth-order valence-electron chi connectivity index (χ4n) is 2.83. The number of benzene rings is 1. The molecule has 0 bridgehead atoms. The molecule has 0 saturated carbocycles. The molecule has 1 unspecified atom stereocenters. The Hall–Kier alpha value is -1.89. The predicted octanol–water partition coefficient (Wildman–Crippen LogP) is 1.78. The summed E-state index contributed by atoms with van der Waals surface area (Å²) in [6.07, 6.45) is 0.387. The Kier molecular flexibility index (Phi) is 5.64. The molecule has 1 aliphatic rings. The van der Waals surface area contributed by atoms with Crippen molar-refractivity contribution in [2.24, 2.45) is 0 Å². The van der Waals surface area contributed by atoms with Gasteiger partial charge in [-0.3, -0.25) is 9.59 Å².